The van der Waals surface area contributed by atoms with Crippen molar-refractivity contribution in [3.63, 3.8) is 0 Å². The zero-order chi connectivity index (χ0) is 14.7. The van der Waals surface area contributed by atoms with E-state index >= 15 is 0 Å². The van der Waals surface area contributed by atoms with E-state index in [1.165, 1.54) is 5.56 Å². The lowest BCUT2D eigenvalue weighted by molar-refractivity contribution is -0.123. The normalized spacial score (nSPS) is 29.1. The second-order valence-corrected chi connectivity index (χ2v) is 6.28. The van der Waals surface area contributed by atoms with E-state index in [4.69, 9.17) is 4.74 Å². The number of nitrogens with zero attached hydrogens (tertiary/aromatic N) is 1. The highest BCUT2D eigenvalue weighted by molar-refractivity contribution is 5.81. The van der Waals surface area contributed by atoms with E-state index in [0.29, 0.717) is 12.5 Å². The molecule has 0 bridgehead atoms. The molecular weight excluding hydrogens is 264 g/mol. The molecule has 1 saturated heterocycles. The number of hydrogen-bond donors (Lipinski definition) is 1. The smallest absolute Gasteiger partial charge is 0.223 e. The first-order chi connectivity index (χ1) is 10.2. The summed E-state index contributed by atoms with van der Waals surface area (Å²) in [6.07, 6.45) is 1.15. The Morgan fingerprint density at radius 1 is 1.38 bits per heavy atom. The monoisotopic (exact) mass is 288 g/mol. The van der Waals surface area contributed by atoms with E-state index in [1.54, 1.807) is 0 Å². The minimum atomic E-state index is 0.112. The molecule has 4 heteroatoms. The number of amides is 1. The van der Waals surface area contributed by atoms with Crippen LogP contribution in [-0.4, -0.2) is 43.2 Å². The van der Waals surface area contributed by atoms with Gasteiger partial charge in [0, 0.05) is 32.1 Å². The summed E-state index contributed by atoms with van der Waals surface area (Å²) in [4.78, 5) is 14.2. The number of carbonyl (C=O) groups is 1. The molecule has 4 nitrogen and oxygen atoms in total. The SMILES string of the molecule is CC1CC1C(=O)NCC1CN(Cc2ccccc2)CCO1. The number of morpholine rings is 1. The lowest BCUT2D eigenvalue weighted by atomic mass is 10.2. The molecule has 0 aromatic heterocycles. The van der Waals surface area contributed by atoms with E-state index in [0.717, 1.165) is 32.7 Å². The van der Waals surface area contributed by atoms with Gasteiger partial charge in [-0.15, -0.1) is 0 Å². The Kier molecular flexibility index (Phi) is 4.56. The minimum Gasteiger partial charge on any atom is -0.374 e. The molecule has 1 N–H and O–H groups in total. The number of ether oxygens (including phenoxy) is 1. The lowest BCUT2D eigenvalue weighted by Crippen LogP contribution is -2.47. The highest BCUT2D eigenvalue weighted by Gasteiger charge is 2.39. The largest absolute Gasteiger partial charge is 0.374 e. The minimum absolute atomic E-state index is 0.112. The Labute approximate surface area is 126 Å². The van der Waals surface area contributed by atoms with Crippen molar-refractivity contribution in [1.29, 1.82) is 0 Å². The third kappa shape index (κ3) is 4.05. The number of hydrogen-bond acceptors (Lipinski definition) is 3. The van der Waals surface area contributed by atoms with Gasteiger partial charge in [-0.25, -0.2) is 0 Å². The Morgan fingerprint density at radius 3 is 2.86 bits per heavy atom. The van der Waals surface area contributed by atoms with Gasteiger partial charge in [-0.1, -0.05) is 37.3 Å². The van der Waals surface area contributed by atoms with Crippen LogP contribution in [0.4, 0.5) is 0 Å². The number of nitrogens with one attached hydrogen (secondary N) is 1. The van der Waals surface area contributed by atoms with Crippen molar-refractivity contribution in [2.45, 2.75) is 26.0 Å². The highest BCUT2D eigenvalue weighted by Crippen LogP contribution is 2.37. The van der Waals surface area contributed by atoms with Gasteiger partial charge in [0.05, 0.1) is 12.7 Å². The van der Waals surface area contributed by atoms with Gasteiger partial charge in [0.15, 0.2) is 0 Å². The maximum atomic E-state index is 11.9. The standard InChI is InChI=1S/C17H24N2O2/c1-13-9-16(13)17(20)18-10-15-12-19(7-8-21-15)11-14-5-3-2-4-6-14/h2-6,13,15-16H,7-12H2,1H3,(H,18,20). The highest BCUT2D eigenvalue weighted by atomic mass is 16.5. The van der Waals surface area contributed by atoms with Crippen LogP contribution in [0.5, 0.6) is 0 Å². The van der Waals surface area contributed by atoms with Crippen LogP contribution in [0.2, 0.25) is 0 Å². The lowest BCUT2D eigenvalue weighted by Gasteiger charge is -2.33. The summed E-state index contributed by atoms with van der Waals surface area (Å²) in [5, 5.41) is 3.04. The summed E-state index contributed by atoms with van der Waals surface area (Å²) in [7, 11) is 0. The van der Waals surface area contributed by atoms with Crippen molar-refractivity contribution in [2.75, 3.05) is 26.2 Å². The predicted octanol–water partition coefficient (Wildman–Crippen LogP) is 1.66. The molecule has 2 aliphatic rings. The average molecular weight is 288 g/mol. The maximum Gasteiger partial charge on any atom is 0.223 e. The predicted molar refractivity (Wildman–Crippen MR) is 81.7 cm³/mol. The van der Waals surface area contributed by atoms with Gasteiger partial charge in [-0.3, -0.25) is 9.69 Å². The molecule has 1 aliphatic heterocycles. The van der Waals surface area contributed by atoms with E-state index < -0.39 is 0 Å². The Balaban J connectivity index is 1.43. The summed E-state index contributed by atoms with van der Waals surface area (Å²) >= 11 is 0. The van der Waals surface area contributed by atoms with E-state index in [2.05, 4.69) is 41.4 Å². The van der Waals surface area contributed by atoms with Gasteiger partial charge >= 0.3 is 0 Å². The van der Waals surface area contributed by atoms with E-state index in [1.807, 2.05) is 6.07 Å². The fraction of sp³-hybridized carbons (Fsp3) is 0.588. The summed E-state index contributed by atoms with van der Waals surface area (Å²) in [6.45, 7) is 6.30. The number of rotatable bonds is 5. The molecule has 1 amide bonds. The van der Waals surface area contributed by atoms with Gasteiger partial charge in [-0.05, 0) is 17.9 Å². The molecule has 114 valence electrons. The van der Waals surface area contributed by atoms with Gasteiger partial charge in [-0.2, -0.15) is 0 Å². The average Bonchev–Trinajstić information content (AvgIpc) is 3.23. The van der Waals surface area contributed by atoms with Gasteiger partial charge in [0.2, 0.25) is 5.91 Å². The van der Waals surface area contributed by atoms with Crippen molar-refractivity contribution in [3.8, 4) is 0 Å². The molecule has 3 rings (SSSR count). The summed E-state index contributed by atoms with van der Waals surface area (Å²) < 4.78 is 5.77. The molecule has 3 unspecified atom stereocenters. The molecule has 1 heterocycles. The molecule has 1 saturated carbocycles. The molecule has 0 spiro atoms. The first-order valence-corrected chi connectivity index (χ1v) is 7.88. The molecule has 21 heavy (non-hydrogen) atoms. The molecule has 1 aromatic carbocycles. The zero-order valence-corrected chi connectivity index (χ0v) is 12.6. The van der Waals surface area contributed by atoms with Crippen LogP contribution in [0.15, 0.2) is 30.3 Å². The van der Waals surface area contributed by atoms with Crippen molar-refractivity contribution >= 4 is 5.91 Å². The van der Waals surface area contributed by atoms with Crippen LogP contribution >= 0.6 is 0 Å². The topological polar surface area (TPSA) is 41.6 Å². The number of carbonyl (C=O) groups excluding carboxylic acids is 1. The maximum absolute atomic E-state index is 11.9. The van der Waals surface area contributed by atoms with Crippen LogP contribution < -0.4 is 5.32 Å². The first kappa shape index (κ1) is 14.5. The summed E-state index contributed by atoms with van der Waals surface area (Å²) in [5.41, 5.74) is 1.33. The van der Waals surface area contributed by atoms with Crippen LogP contribution in [0.3, 0.4) is 0 Å². The molecular formula is C17H24N2O2. The van der Waals surface area contributed by atoms with E-state index in [-0.39, 0.29) is 17.9 Å². The van der Waals surface area contributed by atoms with Crippen molar-refractivity contribution in [2.24, 2.45) is 11.8 Å². The Hall–Kier alpha value is -1.39. The van der Waals surface area contributed by atoms with Gasteiger partial charge in [0.25, 0.3) is 0 Å². The third-order valence-corrected chi connectivity index (χ3v) is 4.42. The van der Waals surface area contributed by atoms with Crippen LogP contribution in [0.25, 0.3) is 0 Å². The summed E-state index contributed by atoms with van der Waals surface area (Å²) in [6, 6.07) is 10.5. The van der Waals surface area contributed by atoms with Crippen molar-refractivity contribution < 1.29 is 9.53 Å². The van der Waals surface area contributed by atoms with Gasteiger partial charge in [0.1, 0.15) is 0 Å². The fourth-order valence-electron chi connectivity index (χ4n) is 2.92. The Morgan fingerprint density at radius 2 is 2.14 bits per heavy atom. The van der Waals surface area contributed by atoms with Crippen molar-refractivity contribution in [3.05, 3.63) is 35.9 Å². The molecule has 0 radical (unpaired) electrons. The zero-order valence-electron chi connectivity index (χ0n) is 12.6. The fourth-order valence-corrected chi connectivity index (χ4v) is 2.92. The Bertz CT molecular complexity index is 477. The molecule has 1 aromatic rings. The van der Waals surface area contributed by atoms with Crippen LogP contribution in [0.1, 0.15) is 18.9 Å². The first-order valence-electron chi connectivity index (χ1n) is 7.88. The quantitative estimate of drug-likeness (QED) is 0.896. The molecule has 1 aliphatic carbocycles. The van der Waals surface area contributed by atoms with Crippen molar-refractivity contribution in [1.82, 2.24) is 10.2 Å². The van der Waals surface area contributed by atoms with Crippen LogP contribution in [-0.2, 0) is 16.1 Å². The summed E-state index contributed by atoms with van der Waals surface area (Å²) in [5.74, 6) is 1.01. The number of benzene rings is 1. The third-order valence-electron chi connectivity index (χ3n) is 4.42. The van der Waals surface area contributed by atoms with E-state index in [9.17, 15) is 4.79 Å². The molecule has 2 fully saturated rings. The molecule has 3 atom stereocenters. The van der Waals surface area contributed by atoms with Gasteiger partial charge < -0.3 is 10.1 Å². The second kappa shape index (κ2) is 6.58. The second-order valence-electron chi connectivity index (χ2n) is 6.28. The van der Waals surface area contributed by atoms with Crippen LogP contribution in [0, 0.1) is 11.8 Å².